The molecule has 2 rings (SSSR count). The summed E-state index contributed by atoms with van der Waals surface area (Å²) in [5, 5.41) is 0. The van der Waals surface area contributed by atoms with E-state index in [1.54, 1.807) is 4.91 Å². The highest BCUT2D eigenvalue weighted by atomic mass is 32.2. The molecule has 1 aliphatic rings. The number of rotatable bonds is 3. The maximum atomic E-state index is 2.45. The summed E-state index contributed by atoms with van der Waals surface area (Å²) >= 11 is 1.99. The lowest BCUT2D eigenvalue weighted by Crippen LogP contribution is -2.17. The molecule has 0 saturated carbocycles. The second-order valence-electron chi connectivity index (χ2n) is 4.12. The van der Waals surface area contributed by atoms with Gasteiger partial charge in [0.2, 0.25) is 0 Å². The molecule has 0 fully saturated rings. The molecule has 0 spiro atoms. The molecule has 1 aromatic carbocycles. The van der Waals surface area contributed by atoms with Gasteiger partial charge in [-0.25, -0.2) is 0 Å². The molecule has 86 valence electrons. The molecule has 16 heavy (non-hydrogen) atoms. The maximum absolute atomic E-state index is 2.45. The molecule has 0 radical (unpaired) electrons. The monoisotopic (exact) mass is 233 g/mol. The molecule has 1 aromatic rings. The van der Waals surface area contributed by atoms with Crippen molar-refractivity contribution in [1.82, 2.24) is 0 Å². The zero-order valence-electron chi connectivity index (χ0n) is 10.3. The van der Waals surface area contributed by atoms with Crippen LogP contribution in [0.15, 0.2) is 34.9 Å². The van der Waals surface area contributed by atoms with Crippen molar-refractivity contribution < 1.29 is 0 Å². The van der Waals surface area contributed by atoms with E-state index in [2.05, 4.69) is 49.9 Å². The number of anilines is 1. The summed E-state index contributed by atoms with van der Waals surface area (Å²) in [6.07, 6.45) is 2.29. The average Bonchev–Trinajstić information content (AvgIpc) is 2.71. The van der Waals surface area contributed by atoms with Crippen LogP contribution in [0.4, 0.5) is 5.69 Å². The van der Waals surface area contributed by atoms with Crippen LogP contribution in [0.25, 0.3) is 0 Å². The Morgan fingerprint density at radius 2 is 2.06 bits per heavy atom. The molecule has 0 saturated heterocycles. The molecule has 0 N–H and O–H groups in total. The van der Waals surface area contributed by atoms with Gasteiger partial charge < -0.3 is 4.90 Å². The van der Waals surface area contributed by atoms with Crippen LogP contribution >= 0.6 is 11.8 Å². The SMILES string of the molecule is CCC1=C(CC)N(c2cccc(C)c2)CS1. The van der Waals surface area contributed by atoms with Gasteiger partial charge in [0.1, 0.15) is 0 Å². The Morgan fingerprint density at radius 1 is 1.25 bits per heavy atom. The van der Waals surface area contributed by atoms with Crippen LogP contribution < -0.4 is 4.90 Å². The first kappa shape index (κ1) is 11.6. The van der Waals surface area contributed by atoms with Crippen molar-refractivity contribution in [2.24, 2.45) is 0 Å². The second kappa shape index (κ2) is 4.96. The van der Waals surface area contributed by atoms with Crippen molar-refractivity contribution >= 4 is 17.4 Å². The molecular formula is C14H19NS. The van der Waals surface area contributed by atoms with E-state index < -0.39 is 0 Å². The number of nitrogens with zero attached hydrogens (tertiary/aromatic N) is 1. The predicted octanol–water partition coefficient (Wildman–Crippen LogP) is 4.54. The Balaban J connectivity index is 2.32. The van der Waals surface area contributed by atoms with Crippen molar-refractivity contribution in [3.8, 4) is 0 Å². The summed E-state index contributed by atoms with van der Waals surface area (Å²) in [4.78, 5) is 4.01. The minimum absolute atomic E-state index is 1.08. The van der Waals surface area contributed by atoms with Crippen molar-refractivity contribution in [3.05, 3.63) is 40.4 Å². The topological polar surface area (TPSA) is 3.24 Å². The average molecular weight is 233 g/mol. The van der Waals surface area contributed by atoms with Gasteiger partial charge in [0, 0.05) is 16.3 Å². The first-order chi connectivity index (χ1) is 7.76. The highest BCUT2D eigenvalue weighted by Crippen LogP contribution is 2.38. The molecule has 1 heterocycles. The summed E-state index contributed by atoms with van der Waals surface area (Å²) in [6.45, 7) is 6.65. The van der Waals surface area contributed by atoms with E-state index in [9.17, 15) is 0 Å². The molecule has 1 aliphatic heterocycles. The number of thioether (sulfide) groups is 1. The fraction of sp³-hybridized carbons (Fsp3) is 0.429. The highest BCUT2D eigenvalue weighted by molar-refractivity contribution is 8.03. The molecule has 0 atom stereocenters. The molecule has 2 heteroatoms. The van der Waals surface area contributed by atoms with E-state index in [0.29, 0.717) is 0 Å². The quantitative estimate of drug-likeness (QED) is 0.754. The minimum atomic E-state index is 1.08. The third-order valence-corrected chi connectivity index (χ3v) is 4.24. The number of hydrogen-bond donors (Lipinski definition) is 0. The summed E-state index contributed by atoms with van der Waals surface area (Å²) in [5.41, 5.74) is 4.19. The van der Waals surface area contributed by atoms with Crippen LogP contribution in [0.2, 0.25) is 0 Å². The van der Waals surface area contributed by atoms with Gasteiger partial charge >= 0.3 is 0 Å². The zero-order chi connectivity index (χ0) is 11.5. The molecule has 0 bridgehead atoms. The van der Waals surface area contributed by atoms with Gasteiger partial charge in [-0.1, -0.05) is 26.0 Å². The Bertz CT molecular complexity index is 409. The summed E-state index contributed by atoms with van der Waals surface area (Å²) < 4.78 is 0. The van der Waals surface area contributed by atoms with Crippen LogP contribution in [0, 0.1) is 6.92 Å². The number of aryl methyl sites for hydroxylation is 1. The van der Waals surface area contributed by atoms with E-state index in [4.69, 9.17) is 0 Å². The lowest BCUT2D eigenvalue weighted by atomic mass is 10.2. The van der Waals surface area contributed by atoms with Gasteiger partial charge in [-0.3, -0.25) is 0 Å². The van der Waals surface area contributed by atoms with Crippen LogP contribution in [-0.4, -0.2) is 5.88 Å². The Labute approximate surface area is 103 Å². The largest absolute Gasteiger partial charge is 0.334 e. The van der Waals surface area contributed by atoms with Crippen molar-refractivity contribution in [2.75, 3.05) is 10.8 Å². The molecular weight excluding hydrogens is 214 g/mol. The third-order valence-electron chi connectivity index (χ3n) is 2.98. The first-order valence-electron chi connectivity index (χ1n) is 5.95. The molecule has 0 unspecified atom stereocenters. The highest BCUT2D eigenvalue weighted by Gasteiger charge is 2.21. The minimum Gasteiger partial charge on any atom is -0.334 e. The molecule has 1 nitrogen and oxygen atoms in total. The van der Waals surface area contributed by atoms with Gasteiger partial charge in [0.05, 0.1) is 5.88 Å². The van der Waals surface area contributed by atoms with Crippen LogP contribution in [0.3, 0.4) is 0 Å². The third kappa shape index (κ3) is 2.12. The summed E-state index contributed by atoms with van der Waals surface area (Å²) in [6, 6.07) is 8.78. The lowest BCUT2D eigenvalue weighted by molar-refractivity contribution is 0.953. The van der Waals surface area contributed by atoms with Crippen molar-refractivity contribution in [1.29, 1.82) is 0 Å². The van der Waals surface area contributed by atoms with E-state index in [-0.39, 0.29) is 0 Å². The van der Waals surface area contributed by atoms with Crippen molar-refractivity contribution in [2.45, 2.75) is 33.6 Å². The fourth-order valence-corrected chi connectivity index (χ4v) is 3.39. The van der Waals surface area contributed by atoms with Gasteiger partial charge in [-0.15, -0.1) is 11.8 Å². The van der Waals surface area contributed by atoms with Crippen LogP contribution in [-0.2, 0) is 0 Å². The second-order valence-corrected chi connectivity index (χ2v) is 5.16. The van der Waals surface area contributed by atoms with E-state index in [1.165, 1.54) is 16.9 Å². The molecule has 0 aliphatic carbocycles. The standard InChI is InChI=1S/C14H19NS/c1-4-13-14(5-2)16-10-15(13)12-8-6-7-11(3)9-12/h6-9H,4-5,10H2,1-3H3. The summed E-state index contributed by atoms with van der Waals surface area (Å²) in [7, 11) is 0. The van der Waals surface area contributed by atoms with Crippen LogP contribution in [0.5, 0.6) is 0 Å². The Morgan fingerprint density at radius 3 is 2.69 bits per heavy atom. The van der Waals surface area contributed by atoms with Gasteiger partial charge in [-0.2, -0.15) is 0 Å². The van der Waals surface area contributed by atoms with E-state index in [0.717, 1.165) is 18.7 Å². The van der Waals surface area contributed by atoms with E-state index >= 15 is 0 Å². The molecule has 0 amide bonds. The normalized spacial score (nSPS) is 16.1. The Hall–Kier alpha value is -0.890. The number of allylic oxidation sites excluding steroid dienone is 2. The predicted molar refractivity (Wildman–Crippen MR) is 73.7 cm³/mol. The smallest absolute Gasteiger partial charge is 0.0729 e. The fourth-order valence-electron chi connectivity index (χ4n) is 2.17. The summed E-state index contributed by atoms with van der Waals surface area (Å²) in [5.74, 6) is 1.08. The maximum Gasteiger partial charge on any atom is 0.0729 e. The zero-order valence-corrected chi connectivity index (χ0v) is 11.1. The van der Waals surface area contributed by atoms with E-state index in [1.807, 2.05) is 11.8 Å². The van der Waals surface area contributed by atoms with Gasteiger partial charge in [-0.05, 0) is 37.5 Å². The van der Waals surface area contributed by atoms with Crippen molar-refractivity contribution in [3.63, 3.8) is 0 Å². The number of benzene rings is 1. The first-order valence-corrected chi connectivity index (χ1v) is 6.93. The lowest BCUT2D eigenvalue weighted by Gasteiger charge is -2.21. The van der Waals surface area contributed by atoms with Gasteiger partial charge in [0.15, 0.2) is 0 Å². The van der Waals surface area contributed by atoms with Crippen LogP contribution in [0.1, 0.15) is 32.3 Å². The molecule has 0 aromatic heterocycles. The Kier molecular flexibility index (Phi) is 3.59. The number of hydrogen-bond acceptors (Lipinski definition) is 2. The van der Waals surface area contributed by atoms with Gasteiger partial charge in [0.25, 0.3) is 0 Å².